The molecular weight excluding hydrogens is 462 g/mol. The zero-order valence-electron chi connectivity index (χ0n) is 20.1. The van der Waals surface area contributed by atoms with Crippen LogP contribution in [-0.4, -0.2) is 34.2 Å². The van der Waals surface area contributed by atoms with Gasteiger partial charge in [0.1, 0.15) is 17.2 Å². The van der Waals surface area contributed by atoms with Crippen molar-refractivity contribution in [3.63, 3.8) is 0 Å². The topological polar surface area (TPSA) is 56.6 Å². The van der Waals surface area contributed by atoms with Gasteiger partial charge in [-0.2, -0.15) is 5.10 Å². The first-order valence-electron chi connectivity index (χ1n) is 11.5. The molecule has 4 rings (SSSR count). The molecule has 0 aliphatic heterocycles. The third-order valence-corrected chi connectivity index (χ3v) is 5.96. The number of halogens is 1. The van der Waals surface area contributed by atoms with Crippen LogP contribution < -0.4 is 9.47 Å². The number of aryl methyl sites for hydroxylation is 1. The number of aromatic nitrogens is 2. The van der Waals surface area contributed by atoms with Crippen molar-refractivity contribution in [1.82, 2.24) is 14.7 Å². The SMILES string of the molecule is CCCN(Cc1c(-c2ccccc2)nn(C)c1Oc1ccccc1Cl)C(=O)c1ccc(OC)cc1. The molecule has 0 spiro atoms. The van der Waals surface area contributed by atoms with Crippen LogP contribution in [0.15, 0.2) is 78.9 Å². The molecule has 0 aliphatic rings. The molecule has 4 aromatic rings. The second-order valence-electron chi connectivity index (χ2n) is 8.11. The summed E-state index contributed by atoms with van der Waals surface area (Å²) in [5.74, 6) is 1.71. The number of benzene rings is 3. The molecule has 7 heteroatoms. The number of ether oxygens (including phenoxy) is 2. The first-order valence-corrected chi connectivity index (χ1v) is 11.9. The molecule has 0 radical (unpaired) electrons. The predicted octanol–water partition coefficient (Wildman–Crippen LogP) is 6.59. The third kappa shape index (κ3) is 5.49. The van der Waals surface area contributed by atoms with Crippen molar-refractivity contribution in [3.05, 3.63) is 95.0 Å². The van der Waals surface area contributed by atoms with E-state index in [-0.39, 0.29) is 5.91 Å². The van der Waals surface area contributed by atoms with E-state index in [0.717, 1.165) is 23.2 Å². The number of nitrogens with zero attached hydrogens (tertiary/aromatic N) is 3. The second-order valence-corrected chi connectivity index (χ2v) is 8.52. The van der Waals surface area contributed by atoms with Crippen LogP contribution in [0.2, 0.25) is 5.02 Å². The van der Waals surface area contributed by atoms with Crippen molar-refractivity contribution >= 4 is 17.5 Å². The van der Waals surface area contributed by atoms with Gasteiger partial charge in [-0.1, -0.05) is 61.0 Å². The number of carbonyl (C=O) groups excluding carboxylic acids is 1. The summed E-state index contributed by atoms with van der Waals surface area (Å²) < 4.78 is 13.2. The first-order chi connectivity index (χ1) is 17.0. The van der Waals surface area contributed by atoms with E-state index in [1.54, 1.807) is 42.1 Å². The Morgan fingerprint density at radius 3 is 2.34 bits per heavy atom. The monoisotopic (exact) mass is 489 g/mol. The lowest BCUT2D eigenvalue weighted by Crippen LogP contribution is -2.31. The minimum Gasteiger partial charge on any atom is -0.497 e. The van der Waals surface area contributed by atoms with Gasteiger partial charge in [0.25, 0.3) is 5.91 Å². The highest BCUT2D eigenvalue weighted by molar-refractivity contribution is 6.32. The molecule has 1 aromatic heterocycles. The van der Waals surface area contributed by atoms with E-state index in [2.05, 4.69) is 6.92 Å². The Bertz CT molecular complexity index is 1290. The number of hydrogen-bond donors (Lipinski definition) is 0. The van der Waals surface area contributed by atoms with E-state index in [4.69, 9.17) is 26.2 Å². The van der Waals surface area contributed by atoms with Gasteiger partial charge in [0, 0.05) is 24.7 Å². The maximum absolute atomic E-state index is 13.5. The first kappa shape index (κ1) is 24.4. The molecule has 180 valence electrons. The fraction of sp³-hybridized carbons (Fsp3) is 0.214. The van der Waals surface area contributed by atoms with Gasteiger partial charge in [-0.3, -0.25) is 4.79 Å². The molecule has 0 saturated heterocycles. The maximum atomic E-state index is 13.5. The Hall–Kier alpha value is -3.77. The van der Waals surface area contributed by atoms with Crippen LogP contribution in [0.1, 0.15) is 29.3 Å². The lowest BCUT2D eigenvalue weighted by Gasteiger charge is -2.23. The molecule has 6 nitrogen and oxygen atoms in total. The zero-order valence-corrected chi connectivity index (χ0v) is 20.8. The quantitative estimate of drug-likeness (QED) is 0.266. The van der Waals surface area contributed by atoms with Crippen molar-refractivity contribution in [2.45, 2.75) is 19.9 Å². The highest BCUT2D eigenvalue weighted by atomic mass is 35.5. The van der Waals surface area contributed by atoms with Crippen LogP contribution in [0.25, 0.3) is 11.3 Å². The average Bonchev–Trinajstić information content (AvgIpc) is 3.20. The Balaban J connectivity index is 1.76. The van der Waals surface area contributed by atoms with E-state index in [1.807, 2.05) is 60.5 Å². The molecule has 35 heavy (non-hydrogen) atoms. The van der Waals surface area contributed by atoms with Crippen LogP contribution in [0.4, 0.5) is 0 Å². The summed E-state index contributed by atoms with van der Waals surface area (Å²) in [5.41, 5.74) is 3.12. The molecule has 0 unspecified atom stereocenters. The van der Waals surface area contributed by atoms with E-state index in [1.165, 1.54) is 0 Å². The van der Waals surface area contributed by atoms with Crippen molar-refractivity contribution in [2.24, 2.45) is 7.05 Å². The van der Waals surface area contributed by atoms with Gasteiger partial charge in [-0.15, -0.1) is 0 Å². The molecule has 1 heterocycles. The van der Waals surface area contributed by atoms with Gasteiger partial charge >= 0.3 is 0 Å². The molecular formula is C28H28ClN3O3. The summed E-state index contributed by atoms with van der Waals surface area (Å²) >= 11 is 6.38. The van der Waals surface area contributed by atoms with Crippen molar-refractivity contribution < 1.29 is 14.3 Å². The summed E-state index contributed by atoms with van der Waals surface area (Å²) in [6, 6.07) is 24.4. The van der Waals surface area contributed by atoms with E-state index >= 15 is 0 Å². The summed E-state index contributed by atoms with van der Waals surface area (Å²) in [4.78, 5) is 15.3. The molecule has 1 amide bonds. The van der Waals surface area contributed by atoms with Gasteiger partial charge < -0.3 is 14.4 Å². The zero-order chi connectivity index (χ0) is 24.8. The minimum atomic E-state index is -0.0685. The normalized spacial score (nSPS) is 10.7. The molecule has 0 bridgehead atoms. The van der Waals surface area contributed by atoms with Gasteiger partial charge in [-0.05, 0) is 42.8 Å². The molecule has 0 atom stereocenters. The maximum Gasteiger partial charge on any atom is 0.254 e. The number of methoxy groups -OCH3 is 1. The van der Waals surface area contributed by atoms with Gasteiger partial charge in [-0.25, -0.2) is 4.68 Å². The fourth-order valence-corrected chi connectivity index (χ4v) is 4.09. The standard InChI is InChI=1S/C28H28ClN3O3/c1-4-18-32(27(33)21-14-16-22(34-3)17-15-21)19-23-26(20-10-6-5-7-11-20)30-31(2)28(23)35-25-13-9-8-12-24(25)29/h5-17H,4,18-19H2,1-3H3. The Kier molecular flexibility index (Phi) is 7.73. The number of amides is 1. The molecule has 0 aliphatic carbocycles. The van der Waals surface area contributed by atoms with E-state index in [0.29, 0.717) is 41.1 Å². The van der Waals surface area contributed by atoms with E-state index in [9.17, 15) is 4.79 Å². The highest BCUT2D eigenvalue weighted by Gasteiger charge is 2.25. The predicted molar refractivity (Wildman–Crippen MR) is 138 cm³/mol. The molecule has 0 saturated carbocycles. The van der Waals surface area contributed by atoms with Gasteiger partial charge in [0.2, 0.25) is 5.88 Å². The van der Waals surface area contributed by atoms with Crippen LogP contribution >= 0.6 is 11.6 Å². The lowest BCUT2D eigenvalue weighted by atomic mass is 10.1. The number of rotatable bonds is 9. The summed E-state index contributed by atoms with van der Waals surface area (Å²) in [7, 11) is 3.44. The average molecular weight is 490 g/mol. The third-order valence-electron chi connectivity index (χ3n) is 5.65. The molecule has 3 aromatic carbocycles. The fourth-order valence-electron chi connectivity index (χ4n) is 3.91. The van der Waals surface area contributed by atoms with Crippen LogP contribution in [0, 0.1) is 0 Å². The smallest absolute Gasteiger partial charge is 0.254 e. The van der Waals surface area contributed by atoms with Crippen molar-refractivity contribution in [3.8, 4) is 28.6 Å². The number of hydrogen-bond acceptors (Lipinski definition) is 4. The Morgan fingerprint density at radius 1 is 1.00 bits per heavy atom. The minimum absolute atomic E-state index is 0.0685. The van der Waals surface area contributed by atoms with Crippen LogP contribution in [0.5, 0.6) is 17.4 Å². The Labute approximate surface area is 210 Å². The molecule has 0 N–H and O–H groups in total. The van der Waals surface area contributed by atoms with E-state index < -0.39 is 0 Å². The molecule has 0 fully saturated rings. The summed E-state index contributed by atoms with van der Waals surface area (Å²) in [6.07, 6.45) is 0.809. The lowest BCUT2D eigenvalue weighted by molar-refractivity contribution is 0.0742. The van der Waals surface area contributed by atoms with Gasteiger partial charge in [0.05, 0.1) is 24.2 Å². The summed E-state index contributed by atoms with van der Waals surface area (Å²) in [5, 5.41) is 5.27. The number of carbonyl (C=O) groups is 1. The largest absolute Gasteiger partial charge is 0.497 e. The van der Waals surface area contributed by atoms with Gasteiger partial charge in [0.15, 0.2) is 0 Å². The van der Waals surface area contributed by atoms with Crippen LogP contribution in [-0.2, 0) is 13.6 Å². The van der Waals surface area contributed by atoms with Crippen LogP contribution in [0.3, 0.4) is 0 Å². The highest BCUT2D eigenvalue weighted by Crippen LogP contribution is 2.36. The number of para-hydroxylation sites is 1. The second kappa shape index (κ2) is 11.1. The van der Waals surface area contributed by atoms with Crippen molar-refractivity contribution in [2.75, 3.05) is 13.7 Å². The summed E-state index contributed by atoms with van der Waals surface area (Å²) in [6.45, 7) is 2.97. The van der Waals surface area contributed by atoms with Crippen molar-refractivity contribution in [1.29, 1.82) is 0 Å². The Morgan fingerprint density at radius 2 is 1.69 bits per heavy atom.